The number of hydrogen-bond donors (Lipinski definition) is 2. The third kappa shape index (κ3) is 1.98. The van der Waals surface area contributed by atoms with Crippen LogP contribution in [0.2, 0.25) is 0 Å². The van der Waals surface area contributed by atoms with Crippen molar-refractivity contribution >= 4 is 5.97 Å². The van der Waals surface area contributed by atoms with Crippen LogP contribution in [0.25, 0.3) is 0 Å². The van der Waals surface area contributed by atoms with Gasteiger partial charge in [0.25, 0.3) is 0 Å². The van der Waals surface area contributed by atoms with E-state index >= 15 is 0 Å². The Morgan fingerprint density at radius 1 is 1.17 bits per heavy atom. The van der Waals surface area contributed by atoms with Gasteiger partial charge in [-0.25, -0.2) is 0 Å². The van der Waals surface area contributed by atoms with Gasteiger partial charge >= 0.3 is 5.97 Å². The van der Waals surface area contributed by atoms with Gasteiger partial charge in [-0.15, -0.1) is 0 Å². The van der Waals surface area contributed by atoms with Crippen molar-refractivity contribution in [2.75, 3.05) is 0 Å². The molecule has 0 aromatic heterocycles. The van der Waals surface area contributed by atoms with Crippen LogP contribution in [-0.4, -0.2) is 16.2 Å². The number of aromatic hydroxyl groups is 1. The first-order valence-corrected chi connectivity index (χ1v) is 6.51. The summed E-state index contributed by atoms with van der Waals surface area (Å²) in [4.78, 5) is 11.7. The van der Waals surface area contributed by atoms with Gasteiger partial charge in [0.1, 0.15) is 5.75 Å². The normalized spacial score (nSPS) is 18.6. The molecule has 0 spiro atoms. The molecule has 0 radical (unpaired) electrons. The van der Waals surface area contributed by atoms with E-state index in [9.17, 15) is 15.0 Å². The third-order valence-corrected chi connectivity index (χ3v) is 4.31. The first-order chi connectivity index (χ1) is 8.47. The van der Waals surface area contributed by atoms with E-state index in [4.69, 9.17) is 0 Å². The molecule has 0 bridgehead atoms. The van der Waals surface area contributed by atoms with Crippen LogP contribution in [0.5, 0.6) is 5.75 Å². The summed E-state index contributed by atoms with van der Waals surface area (Å²) in [6.07, 6.45) is 4.33. The predicted octanol–water partition coefficient (Wildman–Crippen LogP) is 3.30. The highest BCUT2D eigenvalue weighted by atomic mass is 16.4. The summed E-state index contributed by atoms with van der Waals surface area (Å²) in [7, 11) is 0. The van der Waals surface area contributed by atoms with Crippen LogP contribution in [0.15, 0.2) is 12.1 Å². The molecule has 98 valence electrons. The van der Waals surface area contributed by atoms with Crippen LogP contribution in [-0.2, 0) is 10.2 Å². The van der Waals surface area contributed by atoms with E-state index in [0.29, 0.717) is 12.8 Å². The molecule has 1 aliphatic rings. The first-order valence-electron chi connectivity index (χ1n) is 6.51. The summed E-state index contributed by atoms with van der Waals surface area (Å²) in [6, 6.07) is 3.57. The highest BCUT2D eigenvalue weighted by molar-refractivity contribution is 5.82. The molecule has 1 fully saturated rings. The molecule has 2 N–H and O–H groups in total. The Morgan fingerprint density at radius 2 is 1.78 bits per heavy atom. The Bertz CT molecular complexity index is 448. The smallest absolute Gasteiger partial charge is 0.314 e. The fourth-order valence-electron chi connectivity index (χ4n) is 2.90. The molecule has 3 nitrogen and oxygen atoms in total. The second kappa shape index (κ2) is 4.63. The van der Waals surface area contributed by atoms with Gasteiger partial charge in [0.05, 0.1) is 5.41 Å². The molecule has 1 aromatic rings. The standard InChI is InChI=1S/C15H20O3/c1-10-8-12(9-13(16)11(10)2)15(14(17)18)6-4-3-5-7-15/h8-9,16H,3-7H2,1-2H3,(H,17,18). The van der Waals surface area contributed by atoms with E-state index in [1.807, 2.05) is 19.9 Å². The van der Waals surface area contributed by atoms with Crippen molar-refractivity contribution in [1.29, 1.82) is 0 Å². The Hall–Kier alpha value is -1.51. The fraction of sp³-hybridized carbons (Fsp3) is 0.533. The lowest BCUT2D eigenvalue weighted by Gasteiger charge is -2.34. The van der Waals surface area contributed by atoms with Gasteiger partial charge < -0.3 is 10.2 Å². The molecule has 18 heavy (non-hydrogen) atoms. The van der Waals surface area contributed by atoms with Gasteiger partial charge in [-0.2, -0.15) is 0 Å². The van der Waals surface area contributed by atoms with Crippen molar-refractivity contribution in [1.82, 2.24) is 0 Å². The maximum atomic E-state index is 11.7. The topological polar surface area (TPSA) is 57.5 Å². The number of rotatable bonds is 2. The second-order valence-corrected chi connectivity index (χ2v) is 5.39. The Balaban J connectivity index is 2.52. The van der Waals surface area contributed by atoms with Crippen LogP contribution in [0.1, 0.15) is 48.8 Å². The summed E-state index contributed by atoms with van der Waals surface area (Å²) in [6.45, 7) is 3.76. The summed E-state index contributed by atoms with van der Waals surface area (Å²) >= 11 is 0. The van der Waals surface area contributed by atoms with Gasteiger partial charge in [-0.3, -0.25) is 4.79 Å². The zero-order chi connectivity index (χ0) is 13.3. The Labute approximate surface area is 107 Å². The monoisotopic (exact) mass is 248 g/mol. The Kier molecular flexibility index (Phi) is 3.33. The average molecular weight is 248 g/mol. The number of carboxylic acids is 1. The Morgan fingerprint density at radius 3 is 2.28 bits per heavy atom. The fourth-order valence-corrected chi connectivity index (χ4v) is 2.90. The quantitative estimate of drug-likeness (QED) is 0.844. The summed E-state index contributed by atoms with van der Waals surface area (Å²) < 4.78 is 0. The molecule has 0 unspecified atom stereocenters. The third-order valence-electron chi connectivity index (χ3n) is 4.31. The molecule has 2 rings (SSSR count). The van der Waals surface area contributed by atoms with Gasteiger partial charge in [0.15, 0.2) is 0 Å². The minimum absolute atomic E-state index is 0.205. The molecule has 3 heteroatoms. The summed E-state index contributed by atoms with van der Waals surface area (Å²) in [5.74, 6) is -0.555. The second-order valence-electron chi connectivity index (χ2n) is 5.39. The molecule has 0 aliphatic heterocycles. The molecular formula is C15H20O3. The number of phenols is 1. The van der Waals surface area contributed by atoms with Gasteiger partial charge in [-0.05, 0) is 49.4 Å². The highest BCUT2D eigenvalue weighted by Crippen LogP contribution is 2.41. The van der Waals surface area contributed by atoms with Crippen LogP contribution in [0.4, 0.5) is 0 Å². The lowest BCUT2D eigenvalue weighted by atomic mass is 9.69. The van der Waals surface area contributed by atoms with Gasteiger partial charge in [0, 0.05) is 0 Å². The number of carboxylic acid groups (broad SMARTS) is 1. The van der Waals surface area contributed by atoms with Gasteiger partial charge in [0.2, 0.25) is 0 Å². The van der Waals surface area contributed by atoms with Crippen molar-refractivity contribution < 1.29 is 15.0 Å². The molecule has 1 aromatic carbocycles. The predicted molar refractivity (Wildman–Crippen MR) is 70.0 cm³/mol. The van der Waals surface area contributed by atoms with E-state index in [2.05, 4.69) is 0 Å². The number of phenolic OH excluding ortho intramolecular Hbond substituents is 1. The van der Waals surface area contributed by atoms with Crippen molar-refractivity contribution in [2.24, 2.45) is 0 Å². The molecule has 0 atom stereocenters. The molecule has 0 amide bonds. The number of aliphatic carboxylic acids is 1. The molecule has 1 aliphatic carbocycles. The van der Waals surface area contributed by atoms with Crippen molar-refractivity contribution in [3.05, 3.63) is 28.8 Å². The van der Waals surface area contributed by atoms with E-state index in [1.54, 1.807) is 6.07 Å². The highest BCUT2D eigenvalue weighted by Gasteiger charge is 2.41. The molecular weight excluding hydrogens is 228 g/mol. The van der Waals surface area contributed by atoms with Crippen LogP contribution in [0.3, 0.4) is 0 Å². The minimum Gasteiger partial charge on any atom is -0.508 e. The lowest BCUT2D eigenvalue weighted by Crippen LogP contribution is -2.37. The van der Waals surface area contributed by atoms with E-state index in [1.165, 1.54) is 0 Å². The summed E-state index contributed by atoms with van der Waals surface area (Å²) in [5, 5.41) is 19.5. The van der Waals surface area contributed by atoms with Crippen LogP contribution < -0.4 is 0 Å². The summed E-state index contributed by atoms with van der Waals surface area (Å²) in [5.41, 5.74) is 1.75. The van der Waals surface area contributed by atoms with E-state index in [-0.39, 0.29) is 5.75 Å². The number of hydrogen-bond acceptors (Lipinski definition) is 2. The van der Waals surface area contributed by atoms with E-state index in [0.717, 1.165) is 36.0 Å². The first kappa shape index (κ1) is 12.9. The van der Waals surface area contributed by atoms with Crippen molar-refractivity contribution in [2.45, 2.75) is 51.4 Å². The number of aryl methyl sites for hydroxylation is 1. The zero-order valence-electron chi connectivity index (χ0n) is 11.0. The van der Waals surface area contributed by atoms with Crippen LogP contribution >= 0.6 is 0 Å². The van der Waals surface area contributed by atoms with Gasteiger partial charge in [-0.1, -0.05) is 25.3 Å². The zero-order valence-corrected chi connectivity index (χ0v) is 11.0. The SMILES string of the molecule is Cc1cc(C2(C(=O)O)CCCCC2)cc(O)c1C. The molecule has 0 heterocycles. The number of carbonyl (C=O) groups is 1. The largest absolute Gasteiger partial charge is 0.508 e. The lowest BCUT2D eigenvalue weighted by molar-refractivity contribution is -0.145. The number of benzene rings is 1. The maximum Gasteiger partial charge on any atom is 0.314 e. The van der Waals surface area contributed by atoms with Crippen molar-refractivity contribution in [3.63, 3.8) is 0 Å². The molecule has 0 saturated heterocycles. The minimum atomic E-state index is -0.797. The van der Waals surface area contributed by atoms with Crippen molar-refractivity contribution in [3.8, 4) is 5.75 Å². The molecule has 1 saturated carbocycles. The maximum absolute atomic E-state index is 11.7. The van der Waals surface area contributed by atoms with E-state index < -0.39 is 11.4 Å². The van der Waals surface area contributed by atoms with Crippen LogP contribution in [0, 0.1) is 13.8 Å². The average Bonchev–Trinajstić information content (AvgIpc) is 2.36.